The van der Waals surface area contributed by atoms with E-state index in [4.69, 9.17) is 0 Å². The molecule has 0 bridgehead atoms. The summed E-state index contributed by atoms with van der Waals surface area (Å²) in [6, 6.07) is 7.74. The van der Waals surface area contributed by atoms with Crippen LogP contribution in [0.15, 0.2) is 24.3 Å². The van der Waals surface area contributed by atoms with Gasteiger partial charge in [-0.05, 0) is 81.9 Å². The van der Waals surface area contributed by atoms with Crippen molar-refractivity contribution in [3.8, 4) is 0 Å². The van der Waals surface area contributed by atoms with Crippen molar-refractivity contribution in [2.24, 2.45) is 0 Å². The third kappa shape index (κ3) is 4.27. The van der Waals surface area contributed by atoms with Crippen LogP contribution in [0.2, 0.25) is 0 Å². The van der Waals surface area contributed by atoms with Crippen LogP contribution in [0.5, 0.6) is 0 Å². The van der Waals surface area contributed by atoms with Gasteiger partial charge >= 0.3 is 0 Å². The van der Waals surface area contributed by atoms with Crippen LogP contribution in [0, 0.1) is 5.82 Å². The quantitative estimate of drug-likeness (QED) is 0.806. The van der Waals surface area contributed by atoms with E-state index >= 15 is 0 Å². The first-order valence-corrected chi connectivity index (χ1v) is 8.52. The third-order valence-corrected chi connectivity index (χ3v) is 4.99. The maximum atomic E-state index is 13.2. The van der Waals surface area contributed by atoms with Crippen molar-refractivity contribution in [1.82, 2.24) is 10.2 Å². The second kappa shape index (κ2) is 7.37. The average Bonchev–Trinajstić information content (AvgIpc) is 2.46. The Balaban J connectivity index is 1.28. The second-order valence-electron chi connectivity index (χ2n) is 6.63. The maximum Gasteiger partial charge on any atom is 0.123 e. The molecule has 1 aromatic rings. The van der Waals surface area contributed by atoms with Crippen LogP contribution < -0.4 is 5.32 Å². The number of hydrogen-bond donors (Lipinski definition) is 1. The van der Waals surface area contributed by atoms with Gasteiger partial charge in [-0.1, -0.05) is 18.6 Å². The molecule has 1 N–H and O–H groups in total. The third-order valence-electron chi connectivity index (χ3n) is 4.99. The fourth-order valence-electron chi connectivity index (χ4n) is 3.61. The zero-order valence-corrected chi connectivity index (χ0v) is 12.9. The van der Waals surface area contributed by atoms with Gasteiger partial charge in [-0.3, -0.25) is 0 Å². The van der Waals surface area contributed by atoms with Gasteiger partial charge in [-0.15, -0.1) is 0 Å². The lowest BCUT2D eigenvalue weighted by atomic mass is 9.76. The Hall–Kier alpha value is -0.930. The zero-order valence-electron chi connectivity index (χ0n) is 12.9. The van der Waals surface area contributed by atoms with Crippen molar-refractivity contribution in [2.75, 3.05) is 26.2 Å². The largest absolute Gasteiger partial charge is 0.314 e. The van der Waals surface area contributed by atoms with Crippen LogP contribution in [0.25, 0.3) is 0 Å². The van der Waals surface area contributed by atoms with Crippen molar-refractivity contribution >= 4 is 0 Å². The van der Waals surface area contributed by atoms with Crippen molar-refractivity contribution in [3.05, 3.63) is 35.6 Å². The Bertz CT molecular complexity index is 437. The van der Waals surface area contributed by atoms with E-state index in [9.17, 15) is 4.39 Å². The molecule has 0 unspecified atom stereocenters. The molecule has 0 radical (unpaired) electrons. The van der Waals surface area contributed by atoms with Gasteiger partial charge in [-0.2, -0.15) is 0 Å². The molecule has 1 aliphatic heterocycles. The summed E-state index contributed by atoms with van der Waals surface area (Å²) in [5.41, 5.74) is 1.17. The first-order chi connectivity index (χ1) is 10.3. The first kappa shape index (κ1) is 15.0. The highest BCUT2D eigenvalue weighted by molar-refractivity contribution is 5.23. The molecule has 2 fully saturated rings. The molecule has 3 heteroatoms. The highest BCUT2D eigenvalue weighted by atomic mass is 19.1. The van der Waals surface area contributed by atoms with E-state index in [1.54, 1.807) is 6.07 Å². The lowest BCUT2D eigenvalue weighted by Crippen LogP contribution is -2.41. The fraction of sp³-hybridized carbons (Fsp3) is 0.667. The predicted molar refractivity (Wildman–Crippen MR) is 85.1 cm³/mol. The maximum absolute atomic E-state index is 13.2. The van der Waals surface area contributed by atoms with E-state index < -0.39 is 0 Å². The Morgan fingerprint density at radius 2 is 1.95 bits per heavy atom. The topological polar surface area (TPSA) is 15.3 Å². The normalized spacial score (nSPS) is 26.5. The Kier molecular flexibility index (Phi) is 5.26. The van der Waals surface area contributed by atoms with Crippen LogP contribution in [0.4, 0.5) is 4.39 Å². The molecule has 0 amide bonds. The van der Waals surface area contributed by atoms with Crippen molar-refractivity contribution in [1.29, 1.82) is 0 Å². The van der Waals surface area contributed by atoms with Crippen LogP contribution in [0.3, 0.4) is 0 Å². The van der Waals surface area contributed by atoms with E-state index in [1.807, 2.05) is 6.07 Å². The number of nitrogens with zero attached hydrogens (tertiary/aromatic N) is 1. The van der Waals surface area contributed by atoms with Gasteiger partial charge in [0.1, 0.15) is 5.82 Å². The summed E-state index contributed by atoms with van der Waals surface area (Å²) in [7, 11) is 0. The molecule has 1 aromatic carbocycles. The van der Waals surface area contributed by atoms with Crippen molar-refractivity contribution in [3.63, 3.8) is 0 Å². The molecule has 1 saturated heterocycles. The molecule has 1 heterocycles. The van der Waals surface area contributed by atoms with E-state index in [1.165, 1.54) is 56.9 Å². The number of hydrogen-bond acceptors (Lipinski definition) is 2. The van der Waals surface area contributed by atoms with E-state index in [0.717, 1.165) is 19.4 Å². The monoisotopic (exact) mass is 290 g/mol. The molecule has 0 atom stereocenters. The van der Waals surface area contributed by atoms with Gasteiger partial charge in [0.25, 0.3) is 0 Å². The van der Waals surface area contributed by atoms with Gasteiger partial charge in [-0.25, -0.2) is 4.39 Å². The molecule has 2 aliphatic rings. The highest BCUT2D eigenvalue weighted by Gasteiger charge is 2.29. The van der Waals surface area contributed by atoms with E-state index in [-0.39, 0.29) is 5.82 Å². The molecule has 2 nitrogen and oxygen atoms in total. The minimum absolute atomic E-state index is 0.106. The van der Waals surface area contributed by atoms with Crippen molar-refractivity contribution < 1.29 is 4.39 Å². The summed E-state index contributed by atoms with van der Waals surface area (Å²) in [6.45, 7) is 4.96. The molecule has 116 valence electrons. The molecule has 0 aromatic heterocycles. The summed E-state index contributed by atoms with van der Waals surface area (Å²) in [5, 5.41) is 3.65. The Labute approximate surface area is 127 Å². The van der Waals surface area contributed by atoms with Crippen LogP contribution in [0.1, 0.15) is 50.0 Å². The van der Waals surface area contributed by atoms with Crippen LogP contribution in [-0.2, 0) is 0 Å². The van der Waals surface area contributed by atoms with Gasteiger partial charge in [0, 0.05) is 6.04 Å². The minimum Gasteiger partial charge on any atom is -0.314 e. The molecule has 1 saturated carbocycles. The summed E-state index contributed by atoms with van der Waals surface area (Å²) in [5.74, 6) is 0.450. The SMILES string of the molecule is Fc1cccc(C2CC(NCCCN3CCCCC3)C2)c1. The Morgan fingerprint density at radius 1 is 1.14 bits per heavy atom. The van der Waals surface area contributed by atoms with Gasteiger partial charge in [0.15, 0.2) is 0 Å². The smallest absolute Gasteiger partial charge is 0.123 e. The van der Waals surface area contributed by atoms with E-state index in [2.05, 4.69) is 16.3 Å². The van der Waals surface area contributed by atoms with E-state index in [0.29, 0.717) is 12.0 Å². The lowest BCUT2D eigenvalue weighted by Gasteiger charge is -2.36. The van der Waals surface area contributed by atoms with Crippen molar-refractivity contribution in [2.45, 2.75) is 50.5 Å². The first-order valence-electron chi connectivity index (χ1n) is 8.52. The van der Waals surface area contributed by atoms with Gasteiger partial charge in [0.05, 0.1) is 0 Å². The molecule has 3 rings (SSSR count). The summed E-state index contributed by atoms with van der Waals surface area (Å²) in [6.07, 6.45) is 7.75. The summed E-state index contributed by atoms with van der Waals surface area (Å²) in [4.78, 5) is 2.60. The number of piperidine rings is 1. The number of likely N-dealkylation sites (tertiary alicyclic amines) is 1. The van der Waals surface area contributed by atoms with Gasteiger partial charge < -0.3 is 10.2 Å². The number of rotatable bonds is 6. The summed E-state index contributed by atoms with van der Waals surface area (Å²) >= 11 is 0. The van der Waals surface area contributed by atoms with Crippen LogP contribution in [-0.4, -0.2) is 37.1 Å². The standard InChI is InChI=1S/C18H27FN2/c19-17-7-4-6-15(12-17)16-13-18(14-16)20-8-5-11-21-9-2-1-3-10-21/h4,6-7,12,16,18,20H,1-3,5,8-11,13-14H2. The zero-order chi connectivity index (χ0) is 14.5. The molecular formula is C18H27FN2. The fourth-order valence-corrected chi connectivity index (χ4v) is 3.61. The summed E-state index contributed by atoms with van der Waals surface area (Å²) < 4.78 is 13.2. The van der Waals surface area contributed by atoms with Gasteiger partial charge in [0.2, 0.25) is 0 Å². The molecule has 1 aliphatic carbocycles. The average molecular weight is 290 g/mol. The predicted octanol–water partition coefficient (Wildman–Crippen LogP) is 3.54. The molecular weight excluding hydrogens is 263 g/mol. The van der Waals surface area contributed by atoms with Crippen LogP contribution >= 0.6 is 0 Å². The Morgan fingerprint density at radius 3 is 2.71 bits per heavy atom. The number of halogens is 1. The highest BCUT2D eigenvalue weighted by Crippen LogP contribution is 2.36. The molecule has 21 heavy (non-hydrogen) atoms. The molecule has 0 spiro atoms. The minimum atomic E-state index is -0.106. The number of benzene rings is 1. The number of nitrogens with one attached hydrogen (secondary N) is 1. The second-order valence-corrected chi connectivity index (χ2v) is 6.63. The lowest BCUT2D eigenvalue weighted by molar-refractivity contribution is 0.220.